The molecule has 0 saturated heterocycles. The molecule has 1 fully saturated rings. The number of hydrogen-bond acceptors (Lipinski definition) is 6. The standard InChI is InChI=1S/C15H23N5S/c1-10-8-11-12(18-14(16-2)19-13(11)21-10)17-9-15(20(3)4)6-5-7-15/h8H,5-7,9H2,1-4H3,(H2,16,17,18,19). The molecule has 2 aromatic rings. The van der Waals surface area contributed by atoms with Crippen LogP contribution >= 0.6 is 11.3 Å². The van der Waals surface area contributed by atoms with Gasteiger partial charge in [0.15, 0.2) is 0 Å². The molecular weight excluding hydrogens is 282 g/mol. The summed E-state index contributed by atoms with van der Waals surface area (Å²) in [5.74, 6) is 1.63. The second kappa shape index (κ2) is 5.42. The van der Waals surface area contributed by atoms with E-state index < -0.39 is 0 Å². The molecule has 0 radical (unpaired) electrons. The molecule has 0 aliphatic heterocycles. The lowest BCUT2D eigenvalue weighted by atomic mass is 9.75. The van der Waals surface area contributed by atoms with Gasteiger partial charge in [0.2, 0.25) is 5.95 Å². The summed E-state index contributed by atoms with van der Waals surface area (Å²) < 4.78 is 0. The van der Waals surface area contributed by atoms with Crippen LogP contribution in [0.15, 0.2) is 6.07 Å². The average molecular weight is 305 g/mol. The van der Waals surface area contributed by atoms with Crippen LogP contribution in [0.2, 0.25) is 0 Å². The SMILES string of the molecule is CNc1nc(NCC2(N(C)C)CCC2)c2cc(C)sc2n1. The first-order valence-electron chi connectivity index (χ1n) is 7.41. The van der Waals surface area contributed by atoms with E-state index in [4.69, 9.17) is 0 Å². The molecule has 0 atom stereocenters. The number of rotatable bonds is 5. The zero-order valence-electron chi connectivity index (χ0n) is 13.2. The van der Waals surface area contributed by atoms with Crippen LogP contribution < -0.4 is 10.6 Å². The van der Waals surface area contributed by atoms with E-state index in [0.29, 0.717) is 5.95 Å². The first-order chi connectivity index (χ1) is 10.0. The van der Waals surface area contributed by atoms with Crippen molar-refractivity contribution in [3.63, 3.8) is 0 Å². The molecule has 1 aliphatic rings. The van der Waals surface area contributed by atoms with Crippen molar-refractivity contribution in [1.29, 1.82) is 0 Å². The van der Waals surface area contributed by atoms with Gasteiger partial charge >= 0.3 is 0 Å². The number of hydrogen-bond donors (Lipinski definition) is 2. The van der Waals surface area contributed by atoms with E-state index >= 15 is 0 Å². The number of aromatic nitrogens is 2. The molecule has 0 bridgehead atoms. The largest absolute Gasteiger partial charge is 0.368 e. The average Bonchev–Trinajstić information content (AvgIpc) is 2.76. The van der Waals surface area contributed by atoms with Gasteiger partial charge in [0, 0.05) is 24.0 Å². The summed E-state index contributed by atoms with van der Waals surface area (Å²) in [6.45, 7) is 3.05. The van der Waals surface area contributed by atoms with Crippen LogP contribution in [-0.4, -0.2) is 48.1 Å². The van der Waals surface area contributed by atoms with Crippen molar-refractivity contribution in [1.82, 2.24) is 14.9 Å². The number of thiophene rings is 1. The van der Waals surface area contributed by atoms with Crippen LogP contribution in [0.4, 0.5) is 11.8 Å². The lowest BCUT2D eigenvalue weighted by Gasteiger charge is -2.47. The van der Waals surface area contributed by atoms with Crippen molar-refractivity contribution in [2.24, 2.45) is 0 Å². The molecular formula is C15H23N5S. The predicted molar refractivity (Wildman–Crippen MR) is 90.5 cm³/mol. The Labute approximate surface area is 129 Å². The predicted octanol–water partition coefficient (Wildman–Crippen LogP) is 2.94. The molecule has 5 nitrogen and oxygen atoms in total. The van der Waals surface area contributed by atoms with Gasteiger partial charge < -0.3 is 15.5 Å². The van der Waals surface area contributed by atoms with Gasteiger partial charge in [-0.2, -0.15) is 4.98 Å². The summed E-state index contributed by atoms with van der Waals surface area (Å²) in [5, 5.41) is 7.75. The zero-order chi connectivity index (χ0) is 15.0. The van der Waals surface area contributed by atoms with Gasteiger partial charge in [-0.1, -0.05) is 0 Å². The smallest absolute Gasteiger partial charge is 0.225 e. The fourth-order valence-corrected chi connectivity index (χ4v) is 3.78. The number of nitrogens with zero attached hydrogens (tertiary/aromatic N) is 3. The van der Waals surface area contributed by atoms with Crippen molar-refractivity contribution >= 4 is 33.3 Å². The summed E-state index contributed by atoms with van der Waals surface area (Å²) in [4.78, 5) is 13.8. The lowest BCUT2D eigenvalue weighted by molar-refractivity contribution is 0.0738. The molecule has 2 N–H and O–H groups in total. The third-order valence-electron chi connectivity index (χ3n) is 4.56. The minimum Gasteiger partial charge on any atom is -0.368 e. The molecule has 2 aromatic heterocycles. The van der Waals surface area contributed by atoms with E-state index in [1.807, 2.05) is 7.05 Å². The van der Waals surface area contributed by atoms with Gasteiger partial charge in [-0.3, -0.25) is 0 Å². The Bertz CT molecular complexity index is 645. The van der Waals surface area contributed by atoms with Crippen molar-refractivity contribution in [3.05, 3.63) is 10.9 Å². The summed E-state index contributed by atoms with van der Waals surface area (Å²) in [7, 11) is 6.20. The fraction of sp³-hybridized carbons (Fsp3) is 0.600. The van der Waals surface area contributed by atoms with E-state index in [2.05, 4.69) is 52.6 Å². The second-order valence-electron chi connectivity index (χ2n) is 6.05. The van der Waals surface area contributed by atoms with Crippen molar-refractivity contribution in [2.75, 3.05) is 38.3 Å². The lowest BCUT2D eigenvalue weighted by Crippen LogP contribution is -2.54. The van der Waals surface area contributed by atoms with E-state index in [0.717, 1.165) is 22.6 Å². The molecule has 3 rings (SSSR count). The Morgan fingerprint density at radius 2 is 2.10 bits per heavy atom. The maximum absolute atomic E-state index is 4.61. The maximum Gasteiger partial charge on any atom is 0.225 e. The second-order valence-corrected chi connectivity index (χ2v) is 7.28. The summed E-state index contributed by atoms with van der Waals surface area (Å²) >= 11 is 1.71. The Hall–Kier alpha value is -1.40. The molecule has 21 heavy (non-hydrogen) atoms. The Morgan fingerprint density at radius 3 is 2.67 bits per heavy atom. The van der Waals surface area contributed by atoms with Crippen molar-refractivity contribution in [3.8, 4) is 0 Å². The molecule has 0 spiro atoms. The molecule has 0 unspecified atom stereocenters. The molecule has 114 valence electrons. The van der Waals surface area contributed by atoms with Crippen LogP contribution in [0.25, 0.3) is 10.2 Å². The maximum atomic E-state index is 4.61. The molecule has 6 heteroatoms. The van der Waals surface area contributed by atoms with E-state index in [1.54, 1.807) is 11.3 Å². The van der Waals surface area contributed by atoms with Crippen LogP contribution in [0.1, 0.15) is 24.1 Å². The molecule has 2 heterocycles. The van der Waals surface area contributed by atoms with Gasteiger partial charge in [0.1, 0.15) is 10.6 Å². The molecule has 1 saturated carbocycles. The van der Waals surface area contributed by atoms with Crippen LogP contribution in [0.5, 0.6) is 0 Å². The highest BCUT2D eigenvalue weighted by Crippen LogP contribution is 2.37. The Kier molecular flexibility index (Phi) is 3.75. The Morgan fingerprint density at radius 1 is 1.33 bits per heavy atom. The van der Waals surface area contributed by atoms with Crippen LogP contribution in [-0.2, 0) is 0 Å². The topological polar surface area (TPSA) is 53.1 Å². The normalized spacial score (nSPS) is 17.0. The van der Waals surface area contributed by atoms with Gasteiger partial charge in [0.05, 0.1) is 5.39 Å². The summed E-state index contributed by atoms with van der Waals surface area (Å²) in [6.07, 6.45) is 3.82. The number of likely N-dealkylation sites (N-methyl/N-ethyl adjacent to an activating group) is 1. The highest BCUT2D eigenvalue weighted by molar-refractivity contribution is 7.18. The highest BCUT2D eigenvalue weighted by Gasteiger charge is 2.38. The summed E-state index contributed by atoms with van der Waals surface area (Å²) in [5.41, 5.74) is 0.280. The van der Waals surface area contributed by atoms with E-state index in [-0.39, 0.29) is 5.54 Å². The summed E-state index contributed by atoms with van der Waals surface area (Å²) in [6, 6.07) is 2.17. The van der Waals surface area contributed by atoms with E-state index in [1.165, 1.54) is 24.1 Å². The monoisotopic (exact) mass is 305 g/mol. The van der Waals surface area contributed by atoms with Crippen molar-refractivity contribution in [2.45, 2.75) is 31.7 Å². The number of fused-ring (bicyclic) bond motifs is 1. The van der Waals surface area contributed by atoms with Gasteiger partial charge in [-0.25, -0.2) is 4.98 Å². The molecule has 1 aliphatic carbocycles. The minimum atomic E-state index is 0.280. The molecule has 0 amide bonds. The fourth-order valence-electron chi connectivity index (χ4n) is 2.90. The first-order valence-corrected chi connectivity index (χ1v) is 8.23. The highest BCUT2D eigenvalue weighted by atomic mass is 32.1. The Balaban J connectivity index is 1.89. The van der Waals surface area contributed by atoms with Crippen LogP contribution in [0.3, 0.4) is 0 Å². The van der Waals surface area contributed by atoms with Crippen molar-refractivity contribution < 1.29 is 0 Å². The number of aryl methyl sites for hydroxylation is 1. The third-order valence-corrected chi connectivity index (χ3v) is 5.50. The number of nitrogens with one attached hydrogen (secondary N) is 2. The third kappa shape index (κ3) is 2.58. The van der Waals surface area contributed by atoms with Gasteiger partial charge in [-0.15, -0.1) is 11.3 Å². The van der Waals surface area contributed by atoms with Crippen LogP contribution in [0, 0.1) is 6.92 Å². The zero-order valence-corrected chi connectivity index (χ0v) is 14.0. The number of anilines is 2. The van der Waals surface area contributed by atoms with Gasteiger partial charge in [0.25, 0.3) is 0 Å². The molecule has 0 aromatic carbocycles. The van der Waals surface area contributed by atoms with Gasteiger partial charge in [-0.05, 0) is 46.3 Å². The van der Waals surface area contributed by atoms with E-state index in [9.17, 15) is 0 Å². The first kappa shape index (κ1) is 14.5. The quantitative estimate of drug-likeness (QED) is 0.889. The minimum absolute atomic E-state index is 0.280.